The van der Waals surface area contributed by atoms with Crippen molar-refractivity contribution in [3.05, 3.63) is 27.7 Å². The Kier molecular flexibility index (Phi) is 4.37. The zero-order chi connectivity index (χ0) is 16.6. The summed E-state index contributed by atoms with van der Waals surface area (Å²) >= 11 is 2.18. The summed E-state index contributed by atoms with van der Waals surface area (Å²) in [6.07, 6.45) is 3.35. The first-order valence-corrected chi connectivity index (χ1v) is 8.52. The largest absolute Gasteiger partial charge is 0.493 e. The molecule has 23 heavy (non-hydrogen) atoms. The van der Waals surface area contributed by atoms with Crippen LogP contribution in [0.2, 0.25) is 0 Å². The molecule has 2 aromatic rings. The second-order valence-electron chi connectivity index (χ2n) is 5.59. The minimum Gasteiger partial charge on any atom is -0.493 e. The summed E-state index contributed by atoms with van der Waals surface area (Å²) in [5.41, 5.74) is 0.346. The second kappa shape index (κ2) is 6.16. The molecule has 0 unspecified atom stereocenters. The van der Waals surface area contributed by atoms with Crippen molar-refractivity contribution in [2.75, 3.05) is 19.7 Å². The highest BCUT2D eigenvalue weighted by molar-refractivity contribution is 14.1. The van der Waals surface area contributed by atoms with Gasteiger partial charge in [0.05, 0.1) is 18.4 Å². The molecule has 3 heterocycles. The Morgan fingerprint density at radius 2 is 2.17 bits per heavy atom. The van der Waals surface area contributed by atoms with Crippen LogP contribution in [-0.2, 0) is 5.60 Å². The number of pyridine rings is 1. The molecule has 0 spiro atoms. The van der Waals surface area contributed by atoms with Gasteiger partial charge in [0.25, 0.3) is 0 Å². The van der Waals surface area contributed by atoms with Crippen molar-refractivity contribution in [1.29, 1.82) is 0 Å². The molecule has 0 radical (unpaired) electrons. The lowest BCUT2D eigenvalue weighted by Crippen LogP contribution is -2.44. The number of carbonyl (C=O) groups is 1. The molecule has 0 aliphatic carbocycles. The number of ether oxygens (including phenoxy) is 1. The van der Waals surface area contributed by atoms with Gasteiger partial charge in [-0.05, 0) is 42.4 Å². The van der Waals surface area contributed by atoms with Crippen LogP contribution in [0.4, 0.5) is 4.79 Å². The van der Waals surface area contributed by atoms with Crippen molar-refractivity contribution >= 4 is 34.3 Å². The van der Waals surface area contributed by atoms with E-state index in [-0.39, 0.29) is 0 Å². The fourth-order valence-electron chi connectivity index (χ4n) is 2.94. The normalized spacial score (nSPS) is 17.4. The Balaban J connectivity index is 2.01. The van der Waals surface area contributed by atoms with Gasteiger partial charge in [0.15, 0.2) is 0 Å². The number of rotatable bonds is 3. The van der Waals surface area contributed by atoms with Crippen molar-refractivity contribution < 1.29 is 19.7 Å². The summed E-state index contributed by atoms with van der Waals surface area (Å²) in [4.78, 5) is 16.7. The standard InChI is InChI=1S/C15H18IN3O4/c1-2-23-11-7-13-17-8-12(16)19(13)9-10(11)15(22)3-5-18(6-4-15)14(20)21/h7-9,22H,2-6H2,1H3,(H,20,21). The molecule has 1 aliphatic rings. The van der Waals surface area contributed by atoms with E-state index in [1.54, 1.807) is 6.20 Å². The van der Waals surface area contributed by atoms with Crippen LogP contribution in [0, 0.1) is 3.70 Å². The zero-order valence-electron chi connectivity index (χ0n) is 12.7. The minimum absolute atomic E-state index is 0.302. The number of amides is 1. The lowest BCUT2D eigenvalue weighted by Gasteiger charge is -2.37. The molecule has 0 bridgehead atoms. The summed E-state index contributed by atoms with van der Waals surface area (Å²) in [7, 11) is 0. The summed E-state index contributed by atoms with van der Waals surface area (Å²) in [6, 6.07) is 1.82. The van der Waals surface area contributed by atoms with E-state index in [1.807, 2.05) is 23.6 Å². The molecule has 7 nitrogen and oxygen atoms in total. The van der Waals surface area contributed by atoms with Gasteiger partial charge < -0.3 is 19.8 Å². The molecule has 2 aromatic heterocycles. The van der Waals surface area contributed by atoms with Gasteiger partial charge in [0.1, 0.15) is 15.1 Å². The van der Waals surface area contributed by atoms with Crippen LogP contribution in [0.15, 0.2) is 18.5 Å². The predicted molar refractivity (Wildman–Crippen MR) is 91.8 cm³/mol. The van der Waals surface area contributed by atoms with E-state index in [9.17, 15) is 9.90 Å². The monoisotopic (exact) mass is 431 g/mol. The maximum Gasteiger partial charge on any atom is 0.407 e. The molecule has 0 aromatic carbocycles. The number of nitrogens with zero attached hydrogens (tertiary/aromatic N) is 3. The highest BCUT2D eigenvalue weighted by Crippen LogP contribution is 2.39. The van der Waals surface area contributed by atoms with E-state index >= 15 is 0 Å². The first-order valence-electron chi connectivity index (χ1n) is 7.45. The molecule has 1 saturated heterocycles. The number of likely N-dealkylation sites (tertiary alicyclic amines) is 1. The third-order valence-electron chi connectivity index (χ3n) is 4.23. The lowest BCUT2D eigenvalue weighted by molar-refractivity contribution is -0.0234. The highest BCUT2D eigenvalue weighted by atomic mass is 127. The molecule has 124 valence electrons. The van der Waals surface area contributed by atoms with E-state index in [1.165, 1.54) is 4.90 Å². The van der Waals surface area contributed by atoms with Crippen molar-refractivity contribution in [2.45, 2.75) is 25.4 Å². The van der Waals surface area contributed by atoms with Crippen LogP contribution in [-0.4, -0.2) is 50.3 Å². The van der Waals surface area contributed by atoms with Gasteiger partial charge in [-0.2, -0.15) is 0 Å². The smallest absolute Gasteiger partial charge is 0.407 e. The van der Waals surface area contributed by atoms with E-state index in [2.05, 4.69) is 27.6 Å². The third kappa shape index (κ3) is 2.97. The predicted octanol–water partition coefficient (Wildman–Crippen LogP) is 2.30. The van der Waals surface area contributed by atoms with E-state index in [0.717, 1.165) is 9.35 Å². The fourth-order valence-corrected chi connectivity index (χ4v) is 3.46. The second-order valence-corrected chi connectivity index (χ2v) is 6.70. The molecule has 0 saturated carbocycles. The highest BCUT2D eigenvalue weighted by Gasteiger charge is 2.38. The number of hydrogen-bond donors (Lipinski definition) is 2. The quantitative estimate of drug-likeness (QED) is 0.729. The maximum absolute atomic E-state index is 11.1. The van der Waals surface area contributed by atoms with Gasteiger partial charge >= 0.3 is 6.09 Å². The molecule has 1 fully saturated rings. The van der Waals surface area contributed by atoms with Crippen LogP contribution in [0.25, 0.3) is 5.65 Å². The molecule has 0 atom stereocenters. The van der Waals surface area contributed by atoms with Crippen molar-refractivity contribution in [3.8, 4) is 5.75 Å². The number of imidazole rings is 1. The summed E-state index contributed by atoms with van der Waals surface area (Å²) in [5, 5.41) is 20.2. The van der Waals surface area contributed by atoms with Crippen LogP contribution in [0.1, 0.15) is 25.3 Å². The van der Waals surface area contributed by atoms with Crippen LogP contribution in [0.5, 0.6) is 5.75 Å². The summed E-state index contributed by atoms with van der Waals surface area (Å²) < 4.78 is 8.54. The van der Waals surface area contributed by atoms with E-state index in [0.29, 0.717) is 43.9 Å². The molecule has 2 N–H and O–H groups in total. The zero-order valence-corrected chi connectivity index (χ0v) is 14.9. The number of carboxylic acid groups (broad SMARTS) is 1. The maximum atomic E-state index is 11.1. The number of fused-ring (bicyclic) bond motifs is 1. The average Bonchev–Trinajstić information content (AvgIpc) is 2.88. The number of piperidine rings is 1. The van der Waals surface area contributed by atoms with Crippen LogP contribution >= 0.6 is 22.6 Å². The molecular weight excluding hydrogens is 413 g/mol. The number of halogens is 1. The average molecular weight is 431 g/mol. The SMILES string of the molecule is CCOc1cc2ncc(I)n2cc1C1(O)CCN(C(=O)O)CC1. The Bertz CT molecular complexity index is 738. The van der Waals surface area contributed by atoms with Crippen molar-refractivity contribution in [1.82, 2.24) is 14.3 Å². The number of aromatic nitrogens is 2. The van der Waals surface area contributed by atoms with Gasteiger partial charge in [0, 0.05) is 30.9 Å². The molecule has 3 rings (SSSR count). The molecule has 1 aliphatic heterocycles. The van der Waals surface area contributed by atoms with Gasteiger partial charge in [-0.25, -0.2) is 9.78 Å². The van der Waals surface area contributed by atoms with Crippen LogP contribution < -0.4 is 4.74 Å². The number of hydrogen-bond acceptors (Lipinski definition) is 4. The van der Waals surface area contributed by atoms with Crippen LogP contribution in [0.3, 0.4) is 0 Å². The fraction of sp³-hybridized carbons (Fsp3) is 0.467. The van der Waals surface area contributed by atoms with Crippen molar-refractivity contribution in [2.24, 2.45) is 0 Å². The molecule has 1 amide bonds. The first-order chi connectivity index (χ1) is 10.9. The van der Waals surface area contributed by atoms with Gasteiger partial charge in [-0.3, -0.25) is 4.40 Å². The Labute approximate surface area is 147 Å². The topological polar surface area (TPSA) is 87.3 Å². The number of aliphatic hydroxyl groups is 1. The van der Waals surface area contributed by atoms with E-state index in [4.69, 9.17) is 9.84 Å². The van der Waals surface area contributed by atoms with E-state index < -0.39 is 11.7 Å². The van der Waals surface area contributed by atoms with Crippen molar-refractivity contribution in [3.63, 3.8) is 0 Å². The third-order valence-corrected chi connectivity index (χ3v) is 5.02. The Hall–Kier alpha value is -1.55. The molecule has 8 heteroatoms. The minimum atomic E-state index is -1.10. The van der Waals surface area contributed by atoms with Gasteiger partial charge in [0.2, 0.25) is 0 Å². The Morgan fingerprint density at radius 1 is 1.48 bits per heavy atom. The lowest BCUT2D eigenvalue weighted by atomic mass is 9.85. The first kappa shape index (κ1) is 16.3. The summed E-state index contributed by atoms with van der Waals surface area (Å²) in [6.45, 7) is 2.98. The van der Waals surface area contributed by atoms with Gasteiger partial charge in [-0.1, -0.05) is 0 Å². The Morgan fingerprint density at radius 3 is 2.78 bits per heavy atom. The summed E-state index contributed by atoms with van der Waals surface area (Å²) in [5.74, 6) is 0.605. The molecular formula is C15H18IN3O4. The van der Waals surface area contributed by atoms with Gasteiger partial charge in [-0.15, -0.1) is 0 Å².